The monoisotopic (exact) mass is 1230 g/mol. The number of hydrogen-bond acceptors (Lipinski definition) is 22. The highest BCUT2D eigenvalue weighted by Crippen LogP contribution is 2.01. The van der Waals surface area contributed by atoms with Crippen molar-refractivity contribution in [3.8, 4) is 37.0 Å². The maximum atomic E-state index is 12.3. The van der Waals surface area contributed by atoms with Gasteiger partial charge in [0.25, 0.3) is 0 Å². The van der Waals surface area contributed by atoms with E-state index in [4.69, 9.17) is 95.1 Å². The molecule has 4 N–H and O–H groups in total. The zero-order valence-electron chi connectivity index (χ0n) is 51.5. The summed E-state index contributed by atoms with van der Waals surface area (Å²) in [6.45, 7) is 17.7. The van der Waals surface area contributed by atoms with E-state index in [1.54, 1.807) is 18.7 Å². The molecule has 0 aliphatic carbocycles. The van der Waals surface area contributed by atoms with E-state index in [0.29, 0.717) is 211 Å². The lowest BCUT2D eigenvalue weighted by Gasteiger charge is -2.22. The van der Waals surface area contributed by atoms with Gasteiger partial charge in [-0.25, -0.2) is 0 Å². The second-order valence-corrected chi connectivity index (χ2v) is 17.5. The molecular formula is C59H103N5O22. The van der Waals surface area contributed by atoms with Crippen LogP contribution >= 0.6 is 0 Å². The molecule has 5 amide bonds. The fourth-order valence-corrected chi connectivity index (χ4v) is 6.31. The van der Waals surface area contributed by atoms with Gasteiger partial charge in [0.05, 0.1) is 192 Å². The van der Waals surface area contributed by atoms with Crippen LogP contribution in [0.3, 0.4) is 0 Å². The summed E-state index contributed by atoms with van der Waals surface area (Å²) in [7, 11) is 0. The fraction of sp³-hybridized carbons (Fsp3) is 0.797. The van der Waals surface area contributed by atoms with Crippen LogP contribution in [0.25, 0.3) is 0 Å². The molecular weight excluding hydrogens is 1130 g/mol. The van der Waals surface area contributed by atoms with Crippen LogP contribution < -0.4 is 21.3 Å². The zero-order valence-corrected chi connectivity index (χ0v) is 51.5. The lowest BCUT2D eigenvalue weighted by atomic mass is 10.2. The molecule has 0 aromatic carbocycles. The molecule has 0 radical (unpaired) electrons. The molecule has 27 nitrogen and oxygen atoms in total. The molecule has 86 heavy (non-hydrogen) atoms. The first-order valence-electron chi connectivity index (χ1n) is 29.6. The maximum Gasteiger partial charge on any atom is 0.305 e. The third-order valence-electron chi connectivity index (χ3n) is 10.6. The number of terminal acetylenes is 3. The van der Waals surface area contributed by atoms with Gasteiger partial charge in [-0.05, 0) is 19.8 Å². The maximum absolute atomic E-state index is 12.3. The van der Waals surface area contributed by atoms with E-state index in [2.05, 4.69) is 39.0 Å². The number of unbranched alkanes of at least 4 members (excludes halogenated alkanes) is 2. The van der Waals surface area contributed by atoms with Crippen molar-refractivity contribution in [2.75, 3.05) is 244 Å². The van der Waals surface area contributed by atoms with Crippen LogP contribution in [0.2, 0.25) is 0 Å². The van der Waals surface area contributed by atoms with E-state index in [1.165, 1.54) is 0 Å². The van der Waals surface area contributed by atoms with Crippen LogP contribution in [0, 0.1) is 37.0 Å². The van der Waals surface area contributed by atoms with E-state index in [0.717, 1.165) is 19.3 Å². The SMILES string of the molecule is C#CCOCCOCCOCCOCCOCCC(=O)NCC(=O)NCCCCCC(=O)OCC.C#CCOCCOCCOCCOCCOCCC(=O)NCCN(CCNC(=O)CCOCCOCCOCCOCCOCC#C)C(=O)CC. The van der Waals surface area contributed by atoms with Crippen molar-refractivity contribution >= 4 is 35.5 Å². The largest absolute Gasteiger partial charge is 0.466 e. The molecule has 0 rings (SSSR count). The first kappa shape index (κ1) is 83.0. The molecule has 496 valence electrons. The van der Waals surface area contributed by atoms with Gasteiger partial charge in [0.15, 0.2) is 0 Å². The molecule has 0 saturated heterocycles. The Morgan fingerprint density at radius 3 is 0.930 bits per heavy atom. The molecule has 0 aromatic rings. The normalized spacial score (nSPS) is 10.7. The summed E-state index contributed by atoms with van der Waals surface area (Å²) in [6, 6.07) is 0. The third kappa shape index (κ3) is 68.0. The molecule has 0 fully saturated rings. The van der Waals surface area contributed by atoms with Gasteiger partial charge in [-0.1, -0.05) is 31.1 Å². The number of nitrogens with one attached hydrogen (secondary N) is 4. The second kappa shape index (κ2) is 70.7. The van der Waals surface area contributed by atoms with Crippen molar-refractivity contribution in [3.05, 3.63) is 0 Å². The molecule has 0 aromatic heterocycles. The van der Waals surface area contributed by atoms with Gasteiger partial charge in [-0.2, -0.15) is 0 Å². The molecule has 0 heterocycles. The number of amides is 5. The summed E-state index contributed by atoms with van der Waals surface area (Å²) in [5, 5.41) is 10.9. The van der Waals surface area contributed by atoms with E-state index < -0.39 is 0 Å². The second-order valence-electron chi connectivity index (χ2n) is 17.5. The highest BCUT2D eigenvalue weighted by molar-refractivity contribution is 5.84. The first-order chi connectivity index (χ1) is 42.1. The number of carbonyl (C=O) groups is 6. The summed E-state index contributed by atoms with van der Waals surface area (Å²) >= 11 is 0. The molecule has 0 unspecified atom stereocenters. The summed E-state index contributed by atoms with van der Waals surface area (Å²) in [5.74, 6) is 6.03. The van der Waals surface area contributed by atoms with E-state index >= 15 is 0 Å². The topological polar surface area (TPSA) is 301 Å². The summed E-state index contributed by atoms with van der Waals surface area (Å²) in [5.41, 5.74) is 0. The minimum atomic E-state index is -0.256. The fourth-order valence-electron chi connectivity index (χ4n) is 6.31. The Hall–Kier alpha value is -5.10. The molecule has 0 aliphatic rings. The summed E-state index contributed by atoms with van der Waals surface area (Å²) in [6.07, 6.45) is 18.8. The number of carbonyl (C=O) groups excluding carboxylic acids is 6. The van der Waals surface area contributed by atoms with Gasteiger partial charge in [0.1, 0.15) is 19.8 Å². The highest BCUT2D eigenvalue weighted by Gasteiger charge is 2.13. The molecule has 0 atom stereocenters. The minimum absolute atomic E-state index is 0.0631. The number of hydrogen-bond donors (Lipinski definition) is 4. The Morgan fingerprint density at radius 1 is 0.337 bits per heavy atom. The minimum Gasteiger partial charge on any atom is -0.466 e. The van der Waals surface area contributed by atoms with Gasteiger partial charge < -0.3 is 102 Å². The molecule has 0 spiro atoms. The Bertz CT molecular complexity index is 1670. The third-order valence-corrected chi connectivity index (χ3v) is 10.6. The van der Waals surface area contributed by atoms with Gasteiger partial charge in [-0.3, -0.25) is 28.8 Å². The Kier molecular flexibility index (Phi) is 68.2. The van der Waals surface area contributed by atoms with Crippen LogP contribution in [0.4, 0.5) is 0 Å². The van der Waals surface area contributed by atoms with Crippen molar-refractivity contribution in [2.24, 2.45) is 0 Å². The van der Waals surface area contributed by atoms with Gasteiger partial charge in [0, 0.05) is 64.8 Å². The smallest absolute Gasteiger partial charge is 0.305 e. The average molecular weight is 1230 g/mol. The standard InChI is InChI=1S/C35H61N3O13.C24H42N2O9/c1-4-13-42-17-21-46-25-29-50-31-27-48-23-19-44-15-7-33(39)36-9-11-38(35(41)6-3)12-10-37-34(40)8-16-45-20-24-49-28-32-51-30-26-47-22-18-43-14-5-2;1-3-11-30-13-15-32-17-19-34-20-18-33-16-14-31-12-9-22(27)26-21-23(28)25-10-7-5-6-8-24(29)35-4-2/h1-2H,6-32H2,3H3,(H,36,39)(H,37,40);1H,4-21H2,2H3,(H,25,28)(H,26,27). The quantitative estimate of drug-likeness (QED) is 0.0357. The summed E-state index contributed by atoms with van der Waals surface area (Å²) in [4.78, 5) is 72.9. The summed E-state index contributed by atoms with van der Waals surface area (Å²) < 4.78 is 84.7. The van der Waals surface area contributed by atoms with Crippen LogP contribution in [0.1, 0.15) is 65.2 Å². The van der Waals surface area contributed by atoms with Crippen molar-refractivity contribution in [2.45, 2.75) is 65.2 Å². The molecule has 0 bridgehead atoms. The Labute approximate surface area is 511 Å². The lowest BCUT2D eigenvalue weighted by Crippen LogP contribution is -2.42. The van der Waals surface area contributed by atoms with Crippen LogP contribution in [-0.2, 0) is 105 Å². The molecule has 0 aliphatic heterocycles. The van der Waals surface area contributed by atoms with E-state index in [1.807, 2.05) is 0 Å². The van der Waals surface area contributed by atoms with E-state index in [-0.39, 0.29) is 101 Å². The number of esters is 1. The molecule has 27 heteroatoms. The number of nitrogens with zero attached hydrogens (tertiary/aromatic N) is 1. The van der Waals surface area contributed by atoms with Crippen molar-refractivity contribution in [3.63, 3.8) is 0 Å². The predicted octanol–water partition coefficient (Wildman–Crippen LogP) is 0.119. The van der Waals surface area contributed by atoms with Crippen molar-refractivity contribution in [1.29, 1.82) is 0 Å². The average Bonchev–Trinajstić information content (AvgIpc) is 3.51. The van der Waals surface area contributed by atoms with E-state index in [9.17, 15) is 28.8 Å². The zero-order chi connectivity index (χ0) is 63.1. The number of ether oxygens (including phenoxy) is 16. The predicted molar refractivity (Wildman–Crippen MR) is 317 cm³/mol. The molecule has 0 saturated carbocycles. The Morgan fingerprint density at radius 2 is 0.628 bits per heavy atom. The Balaban J connectivity index is 0. The van der Waals surface area contributed by atoms with Crippen LogP contribution in [0.15, 0.2) is 0 Å². The van der Waals surface area contributed by atoms with Crippen molar-refractivity contribution < 1.29 is 105 Å². The van der Waals surface area contributed by atoms with Gasteiger partial charge >= 0.3 is 5.97 Å². The number of rotatable bonds is 64. The lowest BCUT2D eigenvalue weighted by molar-refractivity contribution is -0.143. The highest BCUT2D eigenvalue weighted by atomic mass is 16.6. The van der Waals surface area contributed by atoms with Gasteiger partial charge in [0.2, 0.25) is 29.5 Å². The van der Waals surface area contributed by atoms with Gasteiger partial charge in [-0.15, -0.1) is 19.3 Å². The first-order valence-corrected chi connectivity index (χ1v) is 29.6. The van der Waals surface area contributed by atoms with Crippen LogP contribution in [0.5, 0.6) is 0 Å². The van der Waals surface area contributed by atoms with Crippen LogP contribution in [-0.4, -0.2) is 284 Å². The van der Waals surface area contributed by atoms with Crippen molar-refractivity contribution in [1.82, 2.24) is 26.2 Å².